The van der Waals surface area contributed by atoms with Gasteiger partial charge in [0.15, 0.2) is 0 Å². The van der Waals surface area contributed by atoms with Crippen LogP contribution >= 0.6 is 0 Å². The van der Waals surface area contributed by atoms with Crippen molar-refractivity contribution >= 4 is 16.7 Å². The number of hydrogen-bond donors (Lipinski definition) is 1. The molecule has 18 heavy (non-hydrogen) atoms. The summed E-state index contributed by atoms with van der Waals surface area (Å²) in [7, 11) is 3.33. The minimum Gasteiger partial charge on any atom is -0.496 e. The monoisotopic (exact) mass is 243 g/mol. The van der Waals surface area contributed by atoms with E-state index in [0.717, 1.165) is 22.9 Å². The van der Waals surface area contributed by atoms with Crippen molar-refractivity contribution in [2.24, 2.45) is 0 Å². The molecule has 0 fully saturated rings. The summed E-state index contributed by atoms with van der Waals surface area (Å²) in [6.45, 7) is 0. The maximum absolute atomic E-state index is 11.3. The summed E-state index contributed by atoms with van der Waals surface area (Å²) >= 11 is 0. The molecule has 0 aliphatic rings. The molecule has 94 valence electrons. The first-order valence-corrected chi connectivity index (χ1v) is 6.01. The van der Waals surface area contributed by atoms with Gasteiger partial charge in [-0.1, -0.05) is 30.3 Å². The van der Waals surface area contributed by atoms with Gasteiger partial charge in [-0.25, -0.2) is 0 Å². The number of aryl methyl sites for hydroxylation is 1. The third kappa shape index (κ3) is 2.45. The summed E-state index contributed by atoms with van der Waals surface area (Å²) in [5, 5.41) is 4.89. The average molecular weight is 243 g/mol. The SMILES string of the molecule is CNC(=O)CCc1ccc(OC)c2ccccc12. The van der Waals surface area contributed by atoms with Crippen molar-refractivity contribution in [3.05, 3.63) is 42.0 Å². The first-order chi connectivity index (χ1) is 8.76. The van der Waals surface area contributed by atoms with Gasteiger partial charge in [0.05, 0.1) is 7.11 Å². The number of hydrogen-bond acceptors (Lipinski definition) is 2. The number of carbonyl (C=O) groups is 1. The molecule has 0 spiro atoms. The molecule has 0 aromatic heterocycles. The molecule has 2 aromatic carbocycles. The van der Waals surface area contributed by atoms with Gasteiger partial charge in [0.1, 0.15) is 5.75 Å². The van der Waals surface area contributed by atoms with Crippen molar-refractivity contribution in [3.63, 3.8) is 0 Å². The summed E-state index contributed by atoms with van der Waals surface area (Å²) in [5.74, 6) is 0.934. The Hall–Kier alpha value is -2.03. The minimum absolute atomic E-state index is 0.0647. The van der Waals surface area contributed by atoms with E-state index in [9.17, 15) is 4.79 Å². The molecule has 0 unspecified atom stereocenters. The van der Waals surface area contributed by atoms with Crippen molar-refractivity contribution < 1.29 is 9.53 Å². The van der Waals surface area contributed by atoms with E-state index in [1.807, 2.05) is 30.3 Å². The molecule has 0 aliphatic heterocycles. The fourth-order valence-corrected chi connectivity index (χ4v) is 2.10. The van der Waals surface area contributed by atoms with Crippen LogP contribution in [0.15, 0.2) is 36.4 Å². The lowest BCUT2D eigenvalue weighted by Crippen LogP contribution is -2.17. The van der Waals surface area contributed by atoms with E-state index < -0.39 is 0 Å². The third-order valence-electron chi connectivity index (χ3n) is 3.09. The second-order valence-electron chi connectivity index (χ2n) is 4.15. The zero-order chi connectivity index (χ0) is 13.0. The van der Waals surface area contributed by atoms with Crippen molar-refractivity contribution in [1.29, 1.82) is 0 Å². The lowest BCUT2D eigenvalue weighted by Gasteiger charge is -2.10. The minimum atomic E-state index is 0.0647. The van der Waals surface area contributed by atoms with Gasteiger partial charge in [-0.05, 0) is 23.4 Å². The highest BCUT2D eigenvalue weighted by Crippen LogP contribution is 2.28. The van der Waals surface area contributed by atoms with E-state index >= 15 is 0 Å². The zero-order valence-corrected chi connectivity index (χ0v) is 10.7. The maximum Gasteiger partial charge on any atom is 0.220 e. The molecule has 3 heteroatoms. The number of benzene rings is 2. The molecule has 0 heterocycles. The Morgan fingerprint density at radius 3 is 2.56 bits per heavy atom. The Morgan fingerprint density at radius 2 is 1.89 bits per heavy atom. The molecule has 0 saturated carbocycles. The largest absolute Gasteiger partial charge is 0.496 e. The van der Waals surface area contributed by atoms with Gasteiger partial charge in [-0.2, -0.15) is 0 Å². The van der Waals surface area contributed by atoms with Crippen molar-refractivity contribution in [2.45, 2.75) is 12.8 Å². The quantitative estimate of drug-likeness (QED) is 0.896. The summed E-state index contributed by atoms with van der Waals surface area (Å²) < 4.78 is 5.35. The number of methoxy groups -OCH3 is 1. The molecular weight excluding hydrogens is 226 g/mol. The van der Waals surface area contributed by atoms with Crippen LogP contribution in [0.4, 0.5) is 0 Å². The van der Waals surface area contributed by atoms with Crippen LogP contribution in [0.2, 0.25) is 0 Å². The van der Waals surface area contributed by atoms with Crippen LogP contribution in [-0.4, -0.2) is 20.1 Å². The van der Waals surface area contributed by atoms with Crippen LogP contribution in [0.3, 0.4) is 0 Å². The molecule has 1 N–H and O–H groups in total. The summed E-state index contributed by atoms with van der Waals surface area (Å²) in [5.41, 5.74) is 1.18. The van der Waals surface area contributed by atoms with E-state index in [4.69, 9.17) is 4.74 Å². The third-order valence-corrected chi connectivity index (χ3v) is 3.09. The highest BCUT2D eigenvalue weighted by atomic mass is 16.5. The second-order valence-corrected chi connectivity index (χ2v) is 4.15. The topological polar surface area (TPSA) is 38.3 Å². The molecule has 0 atom stereocenters. The predicted molar refractivity (Wildman–Crippen MR) is 72.9 cm³/mol. The number of nitrogens with one attached hydrogen (secondary N) is 1. The standard InChI is InChI=1S/C15H17NO2/c1-16-15(17)10-8-11-7-9-14(18-2)13-6-4-3-5-12(11)13/h3-7,9H,8,10H2,1-2H3,(H,16,17). The van der Waals surface area contributed by atoms with E-state index in [1.165, 1.54) is 5.56 Å². The van der Waals surface area contributed by atoms with Gasteiger partial charge in [-0.15, -0.1) is 0 Å². The molecule has 0 bridgehead atoms. The van der Waals surface area contributed by atoms with Gasteiger partial charge in [0.25, 0.3) is 0 Å². The Kier molecular flexibility index (Phi) is 3.82. The van der Waals surface area contributed by atoms with Gasteiger partial charge >= 0.3 is 0 Å². The fraction of sp³-hybridized carbons (Fsp3) is 0.267. The molecule has 0 aliphatic carbocycles. The maximum atomic E-state index is 11.3. The Labute approximate surface area is 107 Å². The summed E-state index contributed by atoms with van der Waals surface area (Å²) in [6.07, 6.45) is 1.25. The molecular formula is C15H17NO2. The van der Waals surface area contributed by atoms with E-state index in [2.05, 4.69) is 11.4 Å². The van der Waals surface area contributed by atoms with Crippen molar-refractivity contribution in [3.8, 4) is 5.75 Å². The second kappa shape index (κ2) is 5.54. The number of carbonyl (C=O) groups excluding carboxylic acids is 1. The van der Waals surface area contributed by atoms with Gasteiger partial charge in [-0.3, -0.25) is 4.79 Å². The summed E-state index contributed by atoms with van der Waals surface area (Å²) in [4.78, 5) is 11.3. The number of rotatable bonds is 4. The first-order valence-electron chi connectivity index (χ1n) is 6.01. The van der Waals surface area contributed by atoms with E-state index in [1.54, 1.807) is 14.2 Å². The average Bonchev–Trinajstić information content (AvgIpc) is 2.44. The summed E-state index contributed by atoms with van der Waals surface area (Å²) in [6, 6.07) is 12.1. The zero-order valence-electron chi connectivity index (χ0n) is 10.7. The highest BCUT2D eigenvalue weighted by Gasteiger charge is 2.07. The lowest BCUT2D eigenvalue weighted by molar-refractivity contribution is -0.120. The fourth-order valence-electron chi connectivity index (χ4n) is 2.10. The normalized spacial score (nSPS) is 10.3. The Bertz CT molecular complexity index is 563. The van der Waals surface area contributed by atoms with Crippen LogP contribution in [0.25, 0.3) is 10.8 Å². The van der Waals surface area contributed by atoms with Gasteiger partial charge < -0.3 is 10.1 Å². The smallest absolute Gasteiger partial charge is 0.220 e. The highest BCUT2D eigenvalue weighted by molar-refractivity contribution is 5.91. The molecule has 1 amide bonds. The molecule has 0 saturated heterocycles. The van der Waals surface area contributed by atoms with E-state index in [0.29, 0.717) is 6.42 Å². The lowest BCUT2D eigenvalue weighted by atomic mass is 10.00. The first kappa shape index (κ1) is 12.4. The van der Waals surface area contributed by atoms with Crippen LogP contribution in [-0.2, 0) is 11.2 Å². The number of ether oxygens (including phenoxy) is 1. The van der Waals surface area contributed by atoms with Crippen LogP contribution < -0.4 is 10.1 Å². The van der Waals surface area contributed by atoms with Gasteiger partial charge in [0.2, 0.25) is 5.91 Å². The van der Waals surface area contributed by atoms with Crippen LogP contribution in [0.5, 0.6) is 5.75 Å². The van der Waals surface area contributed by atoms with Crippen LogP contribution in [0.1, 0.15) is 12.0 Å². The molecule has 0 radical (unpaired) electrons. The number of fused-ring (bicyclic) bond motifs is 1. The Morgan fingerprint density at radius 1 is 1.17 bits per heavy atom. The predicted octanol–water partition coefficient (Wildman–Crippen LogP) is 2.53. The van der Waals surface area contributed by atoms with Gasteiger partial charge in [0, 0.05) is 18.9 Å². The Balaban J connectivity index is 2.37. The van der Waals surface area contributed by atoms with Crippen LogP contribution in [0, 0.1) is 0 Å². The number of amides is 1. The molecule has 2 rings (SSSR count). The molecule has 2 aromatic rings. The van der Waals surface area contributed by atoms with E-state index in [-0.39, 0.29) is 5.91 Å². The van der Waals surface area contributed by atoms with Crippen molar-refractivity contribution in [1.82, 2.24) is 5.32 Å². The molecule has 3 nitrogen and oxygen atoms in total. The van der Waals surface area contributed by atoms with Crippen molar-refractivity contribution in [2.75, 3.05) is 14.2 Å².